The van der Waals surface area contributed by atoms with Gasteiger partial charge in [-0.25, -0.2) is 17.6 Å². The second kappa shape index (κ2) is 7.03. The molecule has 3 nitrogen and oxygen atoms in total. The van der Waals surface area contributed by atoms with Gasteiger partial charge in [0.05, 0.1) is 19.6 Å². The number of hydrogen-bond acceptors (Lipinski definition) is 3. The lowest BCUT2D eigenvalue weighted by Gasteiger charge is -2.20. The Bertz CT molecular complexity index is 185. The van der Waals surface area contributed by atoms with Gasteiger partial charge in [0, 0.05) is 13.7 Å². The standard InChI is InChI=1S/C9H17F4NO2/c1-8(10,11)5-9(12,13)6-14-3-4-16-7-15-2/h14H,3-7H2,1-2H3. The molecule has 0 aromatic heterocycles. The van der Waals surface area contributed by atoms with Crippen LogP contribution in [0.25, 0.3) is 0 Å². The first kappa shape index (κ1) is 15.6. The lowest BCUT2D eigenvalue weighted by molar-refractivity contribution is -0.0992. The minimum atomic E-state index is -3.42. The Morgan fingerprint density at radius 3 is 2.31 bits per heavy atom. The van der Waals surface area contributed by atoms with Crippen molar-refractivity contribution >= 4 is 0 Å². The van der Waals surface area contributed by atoms with Crippen LogP contribution in [0, 0.1) is 0 Å². The van der Waals surface area contributed by atoms with E-state index in [4.69, 9.17) is 4.74 Å². The van der Waals surface area contributed by atoms with Gasteiger partial charge in [-0.1, -0.05) is 0 Å². The van der Waals surface area contributed by atoms with Crippen LogP contribution < -0.4 is 5.32 Å². The minimum Gasteiger partial charge on any atom is -0.359 e. The molecule has 0 saturated heterocycles. The van der Waals surface area contributed by atoms with Crippen LogP contribution in [0.15, 0.2) is 0 Å². The zero-order valence-corrected chi connectivity index (χ0v) is 9.36. The third-order valence-electron chi connectivity index (χ3n) is 1.58. The molecule has 98 valence electrons. The van der Waals surface area contributed by atoms with Gasteiger partial charge in [0.15, 0.2) is 0 Å². The Morgan fingerprint density at radius 1 is 1.19 bits per heavy atom. The first-order valence-corrected chi connectivity index (χ1v) is 4.80. The molecule has 1 N–H and O–H groups in total. The van der Waals surface area contributed by atoms with Gasteiger partial charge in [-0.2, -0.15) is 0 Å². The molecular formula is C9H17F4NO2. The van der Waals surface area contributed by atoms with Crippen molar-refractivity contribution in [2.45, 2.75) is 25.2 Å². The molecule has 0 heterocycles. The van der Waals surface area contributed by atoms with E-state index in [1.165, 1.54) is 7.11 Å². The molecule has 0 fully saturated rings. The van der Waals surface area contributed by atoms with E-state index in [0.29, 0.717) is 6.92 Å². The summed E-state index contributed by atoms with van der Waals surface area (Å²) < 4.78 is 59.8. The number of ether oxygens (including phenoxy) is 2. The van der Waals surface area contributed by atoms with E-state index in [0.717, 1.165) is 0 Å². The fraction of sp³-hybridized carbons (Fsp3) is 1.00. The van der Waals surface area contributed by atoms with Crippen LogP contribution in [0.5, 0.6) is 0 Å². The van der Waals surface area contributed by atoms with E-state index >= 15 is 0 Å². The highest BCUT2D eigenvalue weighted by Gasteiger charge is 2.39. The van der Waals surface area contributed by atoms with Crippen molar-refractivity contribution in [2.75, 3.05) is 33.6 Å². The molecule has 0 atom stereocenters. The SMILES string of the molecule is COCOCCNCC(F)(F)CC(C)(F)F. The Balaban J connectivity index is 3.58. The highest BCUT2D eigenvalue weighted by Crippen LogP contribution is 2.29. The third-order valence-corrected chi connectivity index (χ3v) is 1.58. The average molecular weight is 247 g/mol. The Kier molecular flexibility index (Phi) is 6.85. The summed E-state index contributed by atoms with van der Waals surface area (Å²) in [5.41, 5.74) is 0. The maximum absolute atomic E-state index is 12.9. The van der Waals surface area contributed by atoms with Crippen molar-refractivity contribution < 1.29 is 27.0 Å². The number of nitrogens with one attached hydrogen (secondary N) is 1. The van der Waals surface area contributed by atoms with Crippen molar-refractivity contribution in [3.63, 3.8) is 0 Å². The zero-order chi connectivity index (χ0) is 12.7. The maximum Gasteiger partial charge on any atom is 0.266 e. The van der Waals surface area contributed by atoms with Crippen LogP contribution >= 0.6 is 0 Å². The van der Waals surface area contributed by atoms with Crippen LogP contribution in [0.3, 0.4) is 0 Å². The molecule has 0 bridgehead atoms. The molecule has 0 aromatic carbocycles. The van der Waals surface area contributed by atoms with E-state index in [9.17, 15) is 17.6 Å². The van der Waals surface area contributed by atoms with Crippen molar-refractivity contribution in [3.8, 4) is 0 Å². The smallest absolute Gasteiger partial charge is 0.266 e. The van der Waals surface area contributed by atoms with E-state index in [1.807, 2.05) is 0 Å². The van der Waals surface area contributed by atoms with Crippen molar-refractivity contribution in [1.82, 2.24) is 5.32 Å². The molecule has 0 aliphatic rings. The molecule has 0 amide bonds. The highest BCUT2D eigenvalue weighted by atomic mass is 19.3. The highest BCUT2D eigenvalue weighted by molar-refractivity contribution is 4.76. The van der Waals surface area contributed by atoms with Gasteiger partial charge in [-0.3, -0.25) is 0 Å². The molecule has 0 radical (unpaired) electrons. The van der Waals surface area contributed by atoms with Gasteiger partial charge in [0.2, 0.25) is 0 Å². The van der Waals surface area contributed by atoms with Gasteiger partial charge in [-0.15, -0.1) is 0 Å². The first-order chi connectivity index (χ1) is 7.27. The second-order valence-corrected chi connectivity index (χ2v) is 3.59. The quantitative estimate of drug-likeness (QED) is 0.383. The fourth-order valence-electron chi connectivity index (χ4n) is 1.07. The predicted octanol–water partition coefficient (Wildman–Crippen LogP) is 1.88. The molecule has 0 saturated carbocycles. The monoisotopic (exact) mass is 247 g/mol. The van der Waals surface area contributed by atoms with Gasteiger partial charge in [0.25, 0.3) is 11.8 Å². The summed E-state index contributed by atoms with van der Waals surface area (Å²) >= 11 is 0. The molecule has 0 spiro atoms. The summed E-state index contributed by atoms with van der Waals surface area (Å²) in [4.78, 5) is 0. The van der Waals surface area contributed by atoms with E-state index in [1.54, 1.807) is 0 Å². The zero-order valence-electron chi connectivity index (χ0n) is 9.36. The van der Waals surface area contributed by atoms with Crippen LogP contribution in [-0.4, -0.2) is 45.4 Å². The predicted molar refractivity (Wildman–Crippen MR) is 50.9 cm³/mol. The number of methoxy groups -OCH3 is 1. The summed E-state index contributed by atoms with van der Waals surface area (Å²) in [5, 5.41) is 2.34. The molecule has 0 rings (SSSR count). The molecule has 7 heteroatoms. The maximum atomic E-state index is 12.9. The van der Waals surface area contributed by atoms with Crippen molar-refractivity contribution in [3.05, 3.63) is 0 Å². The lowest BCUT2D eigenvalue weighted by Crippen LogP contribution is -2.38. The van der Waals surface area contributed by atoms with Crippen LogP contribution in [0.4, 0.5) is 17.6 Å². The van der Waals surface area contributed by atoms with Crippen LogP contribution in [0.1, 0.15) is 13.3 Å². The van der Waals surface area contributed by atoms with Gasteiger partial charge >= 0.3 is 0 Å². The molecule has 0 unspecified atom stereocenters. The summed E-state index contributed by atoms with van der Waals surface area (Å²) in [6.45, 7) is 0.112. The van der Waals surface area contributed by atoms with Crippen LogP contribution in [-0.2, 0) is 9.47 Å². The first-order valence-electron chi connectivity index (χ1n) is 4.80. The fourth-order valence-corrected chi connectivity index (χ4v) is 1.07. The summed E-state index contributed by atoms with van der Waals surface area (Å²) in [7, 11) is 1.44. The number of hydrogen-bond donors (Lipinski definition) is 1. The molecule has 0 aliphatic heterocycles. The van der Waals surface area contributed by atoms with Gasteiger partial charge in [0.1, 0.15) is 6.79 Å². The summed E-state index contributed by atoms with van der Waals surface area (Å²) in [5.74, 6) is -6.78. The Labute approximate surface area is 92.1 Å². The van der Waals surface area contributed by atoms with Crippen molar-refractivity contribution in [2.24, 2.45) is 0 Å². The van der Waals surface area contributed by atoms with Gasteiger partial charge < -0.3 is 14.8 Å². The normalized spacial score (nSPS) is 13.1. The van der Waals surface area contributed by atoms with E-state index in [2.05, 4.69) is 10.1 Å². The third kappa shape index (κ3) is 10.1. The molecule has 16 heavy (non-hydrogen) atoms. The lowest BCUT2D eigenvalue weighted by atomic mass is 10.1. The number of rotatable bonds is 9. The van der Waals surface area contributed by atoms with E-state index in [-0.39, 0.29) is 19.9 Å². The topological polar surface area (TPSA) is 30.5 Å². The largest absolute Gasteiger partial charge is 0.359 e. The molecular weight excluding hydrogens is 230 g/mol. The van der Waals surface area contributed by atoms with E-state index < -0.39 is 24.8 Å². The molecule has 0 aliphatic carbocycles. The second-order valence-electron chi connectivity index (χ2n) is 3.59. The number of halogens is 4. The van der Waals surface area contributed by atoms with Crippen molar-refractivity contribution in [1.29, 1.82) is 0 Å². The van der Waals surface area contributed by atoms with Crippen LogP contribution in [0.2, 0.25) is 0 Å². The number of alkyl halides is 4. The molecule has 0 aromatic rings. The Hall–Kier alpha value is -0.400. The van der Waals surface area contributed by atoms with Gasteiger partial charge in [-0.05, 0) is 6.92 Å². The summed E-state index contributed by atoms with van der Waals surface area (Å²) in [6, 6.07) is 0. The Morgan fingerprint density at radius 2 is 1.81 bits per heavy atom. The average Bonchev–Trinajstić information content (AvgIpc) is 2.06. The summed E-state index contributed by atoms with van der Waals surface area (Å²) in [6.07, 6.45) is -1.45. The minimum absolute atomic E-state index is 0.0745.